The summed E-state index contributed by atoms with van der Waals surface area (Å²) in [6.07, 6.45) is 2.76. The van der Waals surface area contributed by atoms with Gasteiger partial charge in [-0.3, -0.25) is 4.90 Å². The van der Waals surface area contributed by atoms with Crippen LogP contribution >= 0.6 is 0 Å². The highest BCUT2D eigenvalue weighted by Crippen LogP contribution is 2.26. The lowest BCUT2D eigenvalue weighted by Gasteiger charge is -2.26. The largest absolute Gasteiger partial charge is 0.493 e. The van der Waals surface area contributed by atoms with Gasteiger partial charge in [0.1, 0.15) is 11.5 Å². The summed E-state index contributed by atoms with van der Waals surface area (Å²) in [4.78, 5) is 14.6. The van der Waals surface area contributed by atoms with Gasteiger partial charge in [0.25, 0.3) is 0 Å². The van der Waals surface area contributed by atoms with Crippen LogP contribution in [-0.4, -0.2) is 59.3 Å². The van der Waals surface area contributed by atoms with Gasteiger partial charge in [0.2, 0.25) is 0 Å². The summed E-state index contributed by atoms with van der Waals surface area (Å²) in [6, 6.07) is 14.2. The Bertz CT molecular complexity index is 1180. The molecule has 1 aliphatic heterocycles. The molecule has 1 saturated heterocycles. The third kappa shape index (κ3) is 4.78. The lowest BCUT2D eigenvalue weighted by Crippen LogP contribution is -2.37. The molecule has 0 unspecified atom stereocenters. The van der Waals surface area contributed by atoms with E-state index in [1.54, 1.807) is 6.20 Å². The molecule has 0 spiro atoms. The van der Waals surface area contributed by atoms with E-state index in [9.17, 15) is 0 Å². The van der Waals surface area contributed by atoms with Crippen LogP contribution < -0.4 is 9.47 Å². The van der Waals surface area contributed by atoms with Crippen LogP contribution in [0.25, 0.3) is 21.8 Å². The Morgan fingerprint density at radius 3 is 2.81 bits per heavy atom. The third-order valence-electron chi connectivity index (χ3n) is 5.46. The molecule has 0 amide bonds. The SMILES string of the molecule is Cc1cc2cc(Oc3ncc4ccc(OCCCN5CCOCC5)cc4n3)ccc2[nH]1. The molecule has 7 nitrogen and oxygen atoms in total. The topological polar surface area (TPSA) is 72.5 Å². The van der Waals surface area contributed by atoms with Gasteiger partial charge in [-0.2, -0.15) is 4.98 Å². The second-order valence-electron chi connectivity index (χ2n) is 7.83. The number of aromatic nitrogens is 3. The number of fused-ring (bicyclic) bond motifs is 2. The van der Waals surface area contributed by atoms with Crippen molar-refractivity contribution in [1.29, 1.82) is 0 Å². The Morgan fingerprint density at radius 1 is 1.03 bits per heavy atom. The van der Waals surface area contributed by atoms with E-state index in [0.717, 1.165) is 72.5 Å². The highest BCUT2D eigenvalue weighted by molar-refractivity contribution is 5.82. The van der Waals surface area contributed by atoms with Crippen molar-refractivity contribution in [2.24, 2.45) is 0 Å². The standard InChI is InChI=1S/C24H26N4O3/c1-17-13-19-14-21(5-6-22(19)26-17)31-24-25-16-18-3-4-20(15-23(18)27-24)30-10-2-7-28-8-11-29-12-9-28/h3-6,13-16,26H,2,7-12H2,1H3. The smallest absolute Gasteiger partial charge is 0.322 e. The summed E-state index contributed by atoms with van der Waals surface area (Å²) in [7, 11) is 0. The van der Waals surface area contributed by atoms with Crippen molar-refractivity contribution in [3.8, 4) is 17.5 Å². The first-order chi connectivity index (χ1) is 15.2. The number of nitrogens with one attached hydrogen (secondary N) is 1. The van der Waals surface area contributed by atoms with E-state index in [2.05, 4.69) is 25.9 Å². The Morgan fingerprint density at radius 2 is 1.90 bits per heavy atom. The second kappa shape index (κ2) is 8.91. The predicted octanol–water partition coefficient (Wildman–Crippen LogP) is 4.31. The lowest BCUT2D eigenvalue weighted by molar-refractivity contribution is 0.0358. The van der Waals surface area contributed by atoms with Gasteiger partial charge in [-0.1, -0.05) is 0 Å². The van der Waals surface area contributed by atoms with Crippen molar-refractivity contribution in [3.05, 3.63) is 54.4 Å². The Balaban J connectivity index is 1.23. The monoisotopic (exact) mass is 418 g/mol. The minimum atomic E-state index is 0.323. The van der Waals surface area contributed by atoms with E-state index >= 15 is 0 Å². The van der Waals surface area contributed by atoms with Gasteiger partial charge < -0.3 is 19.2 Å². The van der Waals surface area contributed by atoms with E-state index in [-0.39, 0.29) is 0 Å². The number of H-pyrrole nitrogens is 1. The first kappa shape index (κ1) is 19.8. The summed E-state index contributed by atoms with van der Waals surface area (Å²) >= 11 is 0. The molecule has 0 bridgehead atoms. The average molecular weight is 418 g/mol. The summed E-state index contributed by atoms with van der Waals surface area (Å²) in [5.74, 6) is 1.52. The number of hydrogen-bond donors (Lipinski definition) is 1. The second-order valence-corrected chi connectivity index (χ2v) is 7.83. The van der Waals surface area contributed by atoms with Crippen LogP contribution in [0.2, 0.25) is 0 Å². The molecule has 31 heavy (non-hydrogen) atoms. The fourth-order valence-electron chi connectivity index (χ4n) is 3.85. The van der Waals surface area contributed by atoms with E-state index in [0.29, 0.717) is 18.4 Å². The van der Waals surface area contributed by atoms with Crippen LogP contribution in [0.3, 0.4) is 0 Å². The minimum Gasteiger partial charge on any atom is -0.493 e. The van der Waals surface area contributed by atoms with Crippen LogP contribution in [0.4, 0.5) is 0 Å². The quantitative estimate of drug-likeness (QED) is 0.451. The molecule has 0 saturated carbocycles. The zero-order valence-corrected chi connectivity index (χ0v) is 17.6. The maximum absolute atomic E-state index is 5.95. The number of rotatable bonds is 7. The fraction of sp³-hybridized carbons (Fsp3) is 0.333. The highest BCUT2D eigenvalue weighted by atomic mass is 16.5. The third-order valence-corrected chi connectivity index (χ3v) is 5.46. The molecule has 7 heteroatoms. The molecule has 0 atom stereocenters. The molecule has 0 radical (unpaired) electrons. The highest BCUT2D eigenvalue weighted by Gasteiger charge is 2.10. The van der Waals surface area contributed by atoms with Crippen molar-refractivity contribution in [3.63, 3.8) is 0 Å². The van der Waals surface area contributed by atoms with E-state index in [1.807, 2.05) is 43.3 Å². The summed E-state index contributed by atoms with van der Waals surface area (Å²) in [5, 5.41) is 2.05. The van der Waals surface area contributed by atoms with Gasteiger partial charge in [-0.05, 0) is 49.7 Å². The lowest BCUT2D eigenvalue weighted by atomic mass is 10.2. The Kier molecular flexibility index (Phi) is 5.69. The maximum atomic E-state index is 5.95. The number of hydrogen-bond acceptors (Lipinski definition) is 6. The molecule has 1 fully saturated rings. The summed E-state index contributed by atoms with van der Waals surface area (Å²) in [5.41, 5.74) is 3.00. The number of benzene rings is 2. The van der Waals surface area contributed by atoms with Gasteiger partial charge in [-0.15, -0.1) is 0 Å². The molecule has 3 heterocycles. The van der Waals surface area contributed by atoms with Gasteiger partial charge >= 0.3 is 6.01 Å². The van der Waals surface area contributed by atoms with E-state index in [4.69, 9.17) is 14.2 Å². The van der Waals surface area contributed by atoms with Gasteiger partial charge in [0.05, 0.1) is 25.3 Å². The first-order valence-corrected chi connectivity index (χ1v) is 10.7. The predicted molar refractivity (Wildman–Crippen MR) is 120 cm³/mol. The summed E-state index contributed by atoms with van der Waals surface area (Å²) in [6.45, 7) is 7.41. The Hall–Kier alpha value is -3.16. The zero-order valence-electron chi connectivity index (χ0n) is 17.6. The minimum absolute atomic E-state index is 0.323. The molecule has 1 N–H and O–H groups in total. The number of aromatic amines is 1. The number of morpholine rings is 1. The van der Waals surface area contributed by atoms with Gasteiger partial charge in [0, 0.05) is 53.9 Å². The van der Waals surface area contributed by atoms with Crippen molar-refractivity contribution in [2.45, 2.75) is 13.3 Å². The van der Waals surface area contributed by atoms with Gasteiger partial charge in [0.15, 0.2) is 0 Å². The number of ether oxygens (including phenoxy) is 3. The maximum Gasteiger partial charge on any atom is 0.322 e. The van der Waals surface area contributed by atoms with Crippen LogP contribution in [0.1, 0.15) is 12.1 Å². The van der Waals surface area contributed by atoms with Crippen LogP contribution in [0.15, 0.2) is 48.7 Å². The van der Waals surface area contributed by atoms with E-state index in [1.165, 1.54) is 0 Å². The van der Waals surface area contributed by atoms with Crippen molar-refractivity contribution < 1.29 is 14.2 Å². The van der Waals surface area contributed by atoms with E-state index < -0.39 is 0 Å². The zero-order chi connectivity index (χ0) is 21.0. The molecule has 1 aliphatic rings. The number of aryl methyl sites for hydroxylation is 1. The van der Waals surface area contributed by atoms with Crippen molar-refractivity contribution >= 4 is 21.8 Å². The number of nitrogens with zero attached hydrogens (tertiary/aromatic N) is 3. The summed E-state index contributed by atoms with van der Waals surface area (Å²) < 4.78 is 17.3. The fourth-order valence-corrected chi connectivity index (χ4v) is 3.85. The van der Waals surface area contributed by atoms with Crippen LogP contribution in [0.5, 0.6) is 17.5 Å². The molecule has 2 aromatic carbocycles. The molecule has 4 aromatic rings. The first-order valence-electron chi connectivity index (χ1n) is 10.7. The Labute approximate surface area is 181 Å². The molecular formula is C24H26N4O3. The molecule has 5 rings (SSSR count). The molecular weight excluding hydrogens is 392 g/mol. The normalized spacial score (nSPS) is 14.9. The van der Waals surface area contributed by atoms with Crippen LogP contribution in [0, 0.1) is 6.92 Å². The van der Waals surface area contributed by atoms with Crippen LogP contribution in [-0.2, 0) is 4.74 Å². The van der Waals surface area contributed by atoms with Crippen molar-refractivity contribution in [2.75, 3.05) is 39.5 Å². The molecule has 160 valence electrons. The average Bonchev–Trinajstić information content (AvgIpc) is 3.16. The van der Waals surface area contributed by atoms with Crippen molar-refractivity contribution in [1.82, 2.24) is 19.9 Å². The van der Waals surface area contributed by atoms with Gasteiger partial charge in [-0.25, -0.2) is 4.98 Å². The molecule has 2 aromatic heterocycles. The molecule has 0 aliphatic carbocycles.